The van der Waals surface area contributed by atoms with E-state index in [-0.39, 0.29) is 6.03 Å². The van der Waals surface area contributed by atoms with Gasteiger partial charge in [-0.1, -0.05) is 53.0 Å². The number of allylic oxidation sites excluding steroid dienone is 4. The number of anilines is 1. The summed E-state index contributed by atoms with van der Waals surface area (Å²) in [6, 6.07) is 13.8. The van der Waals surface area contributed by atoms with Gasteiger partial charge in [0.25, 0.3) is 0 Å². The van der Waals surface area contributed by atoms with Crippen LogP contribution in [0.15, 0.2) is 71.4 Å². The quantitative estimate of drug-likeness (QED) is 0.658. The lowest BCUT2D eigenvalue weighted by atomic mass is 9.93. The fraction of sp³-hybridized carbons (Fsp3) is 0.261. The van der Waals surface area contributed by atoms with Crippen molar-refractivity contribution in [3.05, 3.63) is 87.6 Å². The normalized spacial score (nSPS) is 24.6. The number of aryl methyl sites for hydroxylation is 1. The van der Waals surface area contributed by atoms with Gasteiger partial charge in [0.15, 0.2) is 5.72 Å². The van der Waals surface area contributed by atoms with Gasteiger partial charge in [0, 0.05) is 27.0 Å². The zero-order chi connectivity index (χ0) is 20.8. The predicted octanol–water partition coefficient (Wildman–Crippen LogP) is 5.92. The number of hydrogen-bond donors (Lipinski definition) is 1. The molecular weight excluding hydrogens is 407 g/mol. The second-order valence-electron chi connectivity index (χ2n) is 7.51. The maximum atomic E-state index is 13.6. The minimum absolute atomic E-state index is 0.276. The van der Waals surface area contributed by atoms with E-state index in [9.17, 15) is 9.90 Å². The largest absolute Gasteiger partial charge is 0.365 e. The second kappa shape index (κ2) is 7.52. The van der Waals surface area contributed by atoms with Crippen molar-refractivity contribution in [1.29, 1.82) is 0 Å². The summed E-state index contributed by atoms with van der Waals surface area (Å²) in [5, 5.41) is 13.4. The Hall–Kier alpha value is -2.27. The maximum absolute atomic E-state index is 13.6. The summed E-state index contributed by atoms with van der Waals surface area (Å²) in [4.78, 5) is 16.8. The Labute approximate surface area is 180 Å². The Morgan fingerprint density at radius 1 is 1.07 bits per heavy atom. The van der Waals surface area contributed by atoms with E-state index in [0.29, 0.717) is 29.1 Å². The van der Waals surface area contributed by atoms with Gasteiger partial charge >= 0.3 is 6.03 Å². The van der Waals surface area contributed by atoms with Gasteiger partial charge in [-0.05, 0) is 63.1 Å². The molecule has 2 amide bonds. The van der Waals surface area contributed by atoms with Crippen LogP contribution >= 0.6 is 23.2 Å². The molecule has 1 aliphatic carbocycles. The van der Waals surface area contributed by atoms with E-state index in [2.05, 4.69) is 0 Å². The Morgan fingerprint density at radius 3 is 2.41 bits per heavy atom. The number of nitrogens with zero attached hydrogens (tertiary/aromatic N) is 2. The third-order valence-electron chi connectivity index (χ3n) is 5.62. The molecular formula is C23H22Cl2N2O2. The lowest BCUT2D eigenvalue weighted by Crippen LogP contribution is -2.48. The van der Waals surface area contributed by atoms with Crippen molar-refractivity contribution in [3.63, 3.8) is 0 Å². The number of hydrogen-bond acceptors (Lipinski definition) is 2. The SMILES string of the molecule is Cc1cccc(C2(O)[C@H](C)N(C3=CC=C(Cl)CC3)C(=O)N2c2ccc(Cl)cc2)c1. The second-order valence-corrected chi connectivity index (χ2v) is 8.43. The van der Waals surface area contributed by atoms with E-state index in [1.165, 1.54) is 4.90 Å². The summed E-state index contributed by atoms with van der Waals surface area (Å²) in [5.41, 5.74) is 1.57. The highest BCUT2D eigenvalue weighted by molar-refractivity contribution is 6.30. The summed E-state index contributed by atoms with van der Waals surface area (Å²) in [6.07, 6.45) is 5.00. The molecule has 1 aliphatic heterocycles. The van der Waals surface area contributed by atoms with E-state index in [1.807, 2.05) is 50.3 Å². The summed E-state index contributed by atoms with van der Waals surface area (Å²) >= 11 is 12.2. The Kier molecular flexibility index (Phi) is 5.19. The minimum Gasteiger partial charge on any atom is -0.365 e. The van der Waals surface area contributed by atoms with Gasteiger partial charge < -0.3 is 5.11 Å². The molecule has 0 bridgehead atoms. The van der Waals surface area contributed by atoms with Crippen LogP contribution in [-0.4, -0.2) is 22.1 Å². The van der Waals surface area contributed by atoms with Gasteiger partial charge in [-0.15, -0.1) is 0 Å². The van der Waals surface area contributed by atoms with Gasteiger partial charge in [-0.2, -0.15) is 0 Å². The number of carbonyl (C=O) groups excluding carboxylic acids is 1. The van der Waals surface area contributed by atoms with Crippen LogP contribution in [0.5, 0.6) is 0 Å². The molecule has 2 atom stereocenters. The fourth-order valence-electron chi connectivity index (χ4n) is 4.10. The molecule has 6 heteroatoms. The van der Waals surface area contributed by atoms with Crippen LogP contribution in [0, 0.1) is 6.92 Å². The molecule has 4 rings (SSSR count). The highest BCUT2D eigenvalue weighted by Gasteiger charge is 2.57. The van der Waals surface area contributed by atoms with Gasteiger partial charge in [-0.25, -0.2) is 4.79 Å². The van der Waals surface area contributed by atoms with Gasteiger partial charge in [0.05, 0.1) is 6.04 Å². The topological polar surface area (TPSA) is 43.8 Å². The average Bonchev–Trinajstić information content (AvgIpc) is 2.90. The molecule has 2 aromatic rings. The summed E-state index contributed by atoms with van der Waals surface area (Å²) < 4.78 is 0. The van der Waals surface area contributed by atoms with E-state index in [4.69, 9.17) is 23.2 Å². The van der Waals surface area contributed by atoms with Crippen LogP contribution in [0.4, 0.5) is 10.5 Å². The van der Waals surface area contributed by atoms with Crippen molar-refractivity contribution in [1.82, 2.24) is 4.90 Å². The summed E-state index contributed by atoms with van der Waals surface area (Å²) in [7, 11) is 0. The van der Waals surface area contributed by atoms with Gasteiger partial charge in [-0.3, -0.25) is 9.80 Å². The van der Waals surface area contributed by atoms with Crippen LogP contribution in [-0.2, 0) is 5.72 Å². The van der Waals surface area contributed by atoms with Gasteiger partial charge in [0.1, 0.15) is 0 Å². The molecule has 2 aromatic carbocycles. The zero-order valence-electron chi connectivity index (χ0n) is 16.3. The molecule has 0 saturated carbocycles. The molecule has 1 heterocycles. The van der Waals surface area contributed by atoms with Crippen molar-refractivity contribution in [3.8, 4) is 0 Å². The summed E-state index contributed by atoms with van der Waals surface area (Å²) in [6.45, 7) is 3.84. The average molecular weight is 429 g/mol. The fourth-order valence-corrected chi connectivity index (χ4v) is 4.38. The van der Waals surface area contributed by atoms with Gasteiger partial charge in [0.2, 0.25) is 0 Å². The van der Waals surface area contributed by atoms with Crippen LogP contribution < -0.4 is 4.90 Å². The van der Waals surface area contributed by atoms with Crippen molar-refractivity contribution < 1.29 is 9.90 Å². The van der Waals surface area contributed by atoms with Crippen LogP contribution in [0.25, 0.3) is 0 Å². The summed E-state index contributed by atoms with van der Waals surface area (Å²) in [5.74, 6) is 0. The number of rotatable bonds is 3. The van der Waals surface area contributed by atoms with Crippen molar-refractivity contribution >= 4 is 34.9 Å². The molecule has 29 heavy (non-hydrogen) atoms. The van der Waals surface area contributed by atoms with E-state index in [1.54, 1.807) is 29.2 Å². The van der Waals surface area contributed by atoms with Crippen LogP contribution in [0.1, 0.15) is 30.9 Å². The molecule has 0 radical (unpaired) electrons. The highest BCUT2D eigenvalue weighted by Crippen LogP contribution is 2.45. The maximum Gasteiger partial charge on any atom is 0.331 e. The van der Waals surface area contributed by atoms with Crippen molar-refractivity contribution in [2.45, 2.75) is 38.5 Å². The predicted molar refractivity (Wildman–Crippen MR) is 117 cm³/mol. The molecule has 0 spiro atoms. The molecule has 4 nitrogen and oxygen atoms in total. The third-order valence-corrected chi connectivity index (χ3v) is 6.19. The van der Waals surface area contributed by atoms with Crippen LogP contribution in [0.3, 0.4) is 0 Å². The first-order valence-corrected chi connectivity index (χ1v) is 10.3. The third kappa shape index (κ3) is 3.35. The first-order chi connectivity index (χ1) is 13.8. The smallest absolute Gasteiger partial charge is 0.331 e. The highest BCUT2D eigenvalue weighted by atomic mass is 35.5. The number of carbonyl (C=O) groups is 1. The number of halogens is 2. The zero-order valence-corrected chi connectivity index (χ0v) is 17.8. The Balaban J connectivity index is 1.88. The first kappa shape index (κ1) is 20.0. The number of amides is 2. The van der Waals surface area contributed by atoms with E-state index in [0.717, 1.165) is 16.3 Å². The molecule has 1 saturated heterocycles. The molecule has 0 aromatic heterocycles. The standard InChI is InChI=1S/C23H22Cl2N2O2/c1-15-4-3-5-17(14-15)23(29)16(2)26(20-10-6-18(24)7-11-20)22(28)27(23)21-12-8-19(25)9-13-21/h3-6,8-10,12-14,16,29H,7,11H2,1-2H3/t16-,23?/m0/s1. The monoisotopic (exact) mass is 428 g/mol. The molecule has 1 unspecified atom stereocenters. The number of benzene rings is 2. The van der Waals surface area contributed by atoms with Crippen molar-refractivity contribution in [2.75, 3.05) is 4.90 Å². The molecule has 1 fully saturated rings. The lowest BCUT2D eigenvalue weighted by molar-refractivity contribution is 0.0133. The van der Waals surface area contributed by atoms with Crippen molar-refractivity contribution in [2.24, 2.45) is 0 Å². The Bertz CT molecular complexity index is 1020. The van der Waals surface area contributed by atoms with E-state index < -0.39 is 11.8 Å². The molecule has 2 aliphatic rings. The lowest BCUT2D eigenvalue weighted by Gasteiger charge is -2.36. The Morgan fingerprint density at radius 2 is 1.79 bits per heavy atom. The molecule has 1 N–H and O–H groups in total. The minimum atomic E-state index is -1.54. The first-order valence-electron chi connectivity index (χ1n) is 9.56. The number of urea groups is 1. The van der Waals surface area contributed by atoms with Crippen LogP contribution in [0.2, 0.25) is 5.02 Å². The molecule has 150 valence electrons. The van der Waals surface area contributed by atoms with E-state index >= 15 is 0 Å². The number of aliphatic hydroxyl groups is 1.